The standard InChI is InChI=1S/C60H64P8/c1-2-4-6-8-34-52-62(54-37-19-10-20-38-54)64(56-41-23-12-24-42-56)66(58-45-27-14-28-46-58)68(60-49-31-16-32-50-60)67(59-47-29-15-30-48-59)65(57-43-25-13-26-44-57)63(55-39-21-11-22-40-55)61(51-33-7-5-3-1)53-35-17-9-18-36-53/h9-32,35-50H,1-8,33-34,51-52H2. The van der Waals surface area contributed by atoms with Crippen molar-refractivity contribution in [2.45, 2.75) is 64.2 Å². The predicted molar refractivity (Wildman–Crippen MR) is 320 cm³/mol. The van der Waals surface area contributed by atoms with E-state index >= 15 is 0 Å². The minimum absolute atomic E-state index is 0.544. The second kappa shape index (κ2) is 27.1. The van der Waals surface area contributed by atoms with Crippen LogP contribution in [0, 0.1) is 0 Å². The van der Waals surface area contributed by atoms with Crippen LogP contribution in [0.2, 0.25) is 0 Å². The summed E-state index contributed by atoms with van der Waals surface area (Å²) < 4.78 is 0. The van der Waals surface area contributed by atoms with Crippen LogP contribution in [0.5, 0.6) is 0 Å². The van der Waals surface area contributed by atoms with Crippen molar-refractivity contribution in [3.8, 4) is 0 Å². The van der Waals surface area contributed by atoms with Crippen molar-refractivity contribution in [2.24, 2.45) is 0 Å². The molecule has 1 heterocycles. The van der Waals surface area contributed by atoms with E-state index in [9.17, 15) is 0 Å². The van der Waals surface area contributed by atoms with Gasteiger partial charge < -0.3 is 0 Å². The Morgan fingerprint density at radius 1 is 0.162 bits per heavy atom. The van der Waals surface area contributed by atoms with Crippen LogP contribution in [-0.4, -0.2) is 12.3 Å². The molecule has 8 aromatic carbocycles. The lowest BCUT2D eigenvalue weighted by Gasteiger charge is -2.48. The van der Waals surface area contributed by atoms with E-state index in [4.69, 9.17) is 0 Å². The molecule has 344 valence electrons. The van der Waals surface area contributed by atoms with Gasteiger partial charge in [0.15, 0.2) is 0 Å². The average molecular weight is 1030 g/mol. The van der Waals surface area contributed by atoms with Crippen LogP contribution in [0.4, 0.5) is 0 Å². The first-order chi connectivity index (χ1) is 33.8. The van der Waals surface area contributed by atoms with Crippen LogP contribution in [-0.2, 0) is 0 Å². The maximum absolute atomic E-state index is 2.58. The highest BCUT2D eigenvalue weighted by Gasteiger charge is 2.48. The largest absolute Gasteiger partial charge is 0.0622 e. The van der Waals surface area contributed by atoms with Gasteiger partial charge >= 0.3 is 0 Å². The maximum atomic E-state index is 2.58. The topological polar surface area (TPSA) is 0 Å². The normalized spacial score (nSPS) is 23.8. The highest BCUT2D eigenvalue weighted by Crippen LogP contribution is 3.10. The number of rotatable bonds is 8. The van der Waals surface area contributed by atoms with Crippen molar-refractivity contribution < 1.29 is 0 Å². The first-order valence-corrected chi connectivity index (χ1v) is 40.6. The molecule has 0 aromatic heterocycles. The summed E-state index contributed by atoms with van der Waals surface area (Å²) in [5.41, 5.74) is 0. The van der Waals surface area contributed by atoms with E-state index in [1.165, 1.54) is 76.5 Å². The van der Waals surface area contributed by atoms with Crippen LogP contribution in [0.25, 0.3) is 0 Å². The SMILES string of the molecule is c1ccc(P2CCCCCCCCCCCCP(c3ccccc3)P(c3ccccc3)P(c3ccccc3)P(c3ccccc3)P(c3ccccc3)P(c3ccccc3)P2c2ccccc2)cc1. The van der Waals surface area contributed by atoms with Crippen molar-refractivity contribution in [1.29, 1.82) is 0 Å². The minimum Gasteiger partial charge on any atom is -0.0622 e. The van der Waals surface area contributed by atoms with Gasteiger partial charge in [0.25, 0.3) is 0 Å². The minimum atomic E-state index is -0.802. The van der Waals surface area contributed by atoms with Crippen LogP contribution in [0.3, 0.4) is 0 Å². The number of hydrogen-bond acceptors (Lipinski definition) is 0. The van der Waals surface area contributed by atoms with Gasteiger partial charge in [-0.15, -0.1) is 0 Å². The van der Waals surface area contributed by atoms with E-state index in [-0.39, 0.29) is 0 Å². The van der Waals surface area contributed by atoms with E-state index in [2.05, 4.69) is 243 Å². The average Bonchev–Trinajstić information content (AvgIpc) is 3.42. The molecule has 1 saturated heterocycles. The van der Waals surface area contributed by atoms with E-state index < -0.39 is 59.0 Å². The van der Waals surface area contributed by atoms with Crippen LogP contribution in [0.1, 0.15) is 64.2 Å². The summed E-state index contributed by atoms with van der Waals surface area (Å²) in [5.74, 6) is 0. The molecule has 8 aromatic rings. The Bertz CT molecular complexity index is 2430. The molecule has 9 rings (SSSR count). The van der Waals surface area contributed by atoms with Gasteiger partial charge in [-0.2, -0.15) is 0 Å². The van der Waals surface area contributed by atoms with Crippen LogP contribution < -0.4 is 42.4 Å². The van der Waals surface area contributed by atoms with Crippen LogP contribution >= 0.6 is 59.0 Å². The van der Waals surface area contributed by atoms with Gasteiger partial charge in [0.2, 0.25) is 0 Å². The van der Waals surface area contributed by atoms with E-state index in [0.29, 0.717) is 0 Å². The molecule has 8 unspecified atom stereocenters. The summed E-state index contributed by atoms with van der Waals surface area (Å²) >= 11 is 0. The molecule has 0 aliphatic carbocycles. The fourth-order valence-electron chi connectivity index (χ4n) is 9.07. The van der Waals surface area contributed by atoms with E-state index in [1.54, 1.807) is 42.4 Å². The Morgan fingerprint density at radius 3 is 0.544 bits per heavy atom. The van der Waals surface area contributed by atoms with Gasteiger partial charge in [0.05, 0.1) is 0 Å². The Hall–Kier alpha value is -2.80. The first kappa shape index (κ1) is 50.2. The van der Waals surface area contributed by atoms with Crippen molar-refractivity contribution in [1.82, 2.24) is 0 Å². The lowest BCUT2D eigenvalue weighted by atomic mass is 10.1. The molecule has 0 nitrogen and oxygen atoms in total. The Labute approximate surface area is 417 Å². The zero-order chi connectivity index (χ0) is 46.0. The number of hydrogen-bond donors (Lipinski definition) is 0. The molecule has 8 atom stereocenters. The second-order valence-electron chi connectivity index (χ2n) is 17.2. The summed E-state index contributed by atoms with van der Waals surface area (Å²) in [6.45, 7) is 0. The molecule has 1 aliphatic heterocycles. The first-order valence-electron chi connectivity index (χ1n) is 24.6. The zero-order valence-electron chi connectivity index (χ0n) is 39.2. The highest BCUT2D eigenvalue weighted by molar-refractivity contribution is 9.03. The maximum Gasteiger partial charge on any atom is -0.00564 e. The Balaban J connectivity index is 1.38. The molecule has 0 amide bonds. The smallest absolute Gasteiger partial charge is 0.00564 e. The van der Waals surface area contributed by atoms with Gasteiger partial charge in [0, 0.05) is 0 Å². The monoisotopic (exact) mass is 1030 g/mol. The zero-order valence-corrected chi connectivity index (χ0v) is 46.3. The van der Waals surface area contributed by atoms with Crippen molar-refractivity contribution in [2.75, 3.05) is 12.3 Å². The summed E-state index contributed by atoms with van der Waals surface area (Å²) in [6.07, 6.45) is 16.1. The summed E-state index contributed by atoms with van der Waals surface area (Å²) in [7, 11) is -5.57. The lowest BCUT2D eigenvalue weighted by molar-refractivity contribution is 0.563. The Morgan fingerprint density at radius 2 is 0.324 bits per heavy atom. The highest BCUT2D eigenvalue weighted by atomic mass is 32.9. The summed E-state index contributed by atoms with van der Waals surface area (Å²) in [6, 6.07) is 96.7. The molecular weight excluding hydrogens is 968 g/mol. The fourth-order valence-corrected chi connectivity index (χ4v) is 90.7. The summed E-state index contributed by atoms with van der Waals surface area (Å²) in [4.78, 5) is 0. The molecule has 0 spiro atoms. The molecule has 8 heteroatoms. The molecular formula is C60H64P8. The lowest BCUT2D eigenvalue weighted by Crippen LogP contribution is -2.16. The van der Waals surface area contributed by atoms with Gasteiger partial charge in [-0.1, -0.05) is 294 Å². The third kappa shape index (κ3) is 13.2. The molecule has 0 bridgehead atoms. The quantitative estimate of drug-likeness (QED) is 0.133. The molecule has 0 N–H and O–H groups in total. The molecule has 1 fully saturated rings. The van der Waals surface area contributed by atoms with Gasteiger partial charge in [-0.3, -0.25) is 0 Å². The predicted octanol–water partition coefficient (Wildman–Crippen LogP) is 17.8. The molecule has 0 radical (unpaired) electrons. The van der Waals surface area contributed by atoms with Crippen molar-refractivity contribution in [3.63, 3.8) is 0 Å². The Kier molecular flexibility index (Phi) is 20.0. The van der Waals surface area contributed by atoms with Gasteiger partial charge in [-0.05, 0) is 127 Å². The van der Waals surface area contributed by atoms with Gasteiger partial charge in [-0.25, -0.2) is 0 Å². The number of benzene rings is 8. The van der Waals surface area contributed by atoms with Crippen molar-refractivity contribution in [3.05, 3.63) is 243 Å². The van der Waals surface area contributed by atoms with Crippen LogP contribution in [0.15, 0.2) is 243 Å². The summed E-state index contributed by atoms with van der Waals surface area (Å²) in [5, 5.41) is 12.8. The third-order valence-electron chi connectivity index (χ3n) is 12.4. The fraction of sp³-hybridized carbons (Fsp3) is 0.200. The van der Waals surface area contributed by atoms with Crippen molar-refractivity contribution >= 4 is 101 Å². The molecule has 68 heavy (non-hydrogen) atoms. The second-order valence-corrected chi connectivity index (χ2v) is 50.3. The molecule has 0 saturated carbocycles. The molecule has 1 aliphatic rings. The van der Waals surface area contributed by atoms with E-state index in [0.717, 1.165) is 0 Å². The van der Waals surface area contributed by atoms with E-state index in [1.807, 2.05) is 0 Å². The van der Waals surface area contributed by atoms with Gasteiger partial charge in [0.1, 0.15) is 0 Å². The third-order valence-corrected chi connectivity index (χ3v) is 68.3.